The van der Waals surface area contributed by atoms with Crippen LogP contribution in [0.1, 0.15) is 36.6 Å². The molecule has 5 heteroatoms. The van der Waals surface area contributed by atoms with Crippen LogP contribution in [-0.2, 0) is 4.74 Å². The van der Waals surface area contributed by atoms with E-state index in [4.69, 9.17) is 9.26 Å². The number of carbonyl (C=O) groups excluding carboxylic acids is 1. The van der Waals surface area contributed by atoms with E-state index in [0.29, 0.717) is 6.04 Å². The minimum absolute atomic E-state index is 0.212. The molecule has 1 amide bonds. The first-order chi connectivity index (χ1) is 8.20. The van der Waals surface area contributed by atoms with Gasteiger partial charge in [-0.1, -0.05) is 5.16 Å². The normalized spacial score (nSPS) is 30.9. The molecule has 3 rings (SSSR count). The zero-order valence-corrected chi connectivity index (χ0v) is 10.0. The summed E-state index contributed by atoms with van der Waals surface area (Å²) < 4.78 is 10.2. The van der Waals surface area contributed by atoms with Crippen LogP contribution in [0.5, 0.6) is 0 Å². The quantitative estimate of drug-likeness (QED) is 0.749. The van der Waals surface area contributed by atoms with E-state index >= 15 is 0 Å². The third-order valence-corrected chi connectivity index (χ3v) is 3.93. The molecule has 1 aromatic rings. The van der Waals surface area contributed by atoms with Crippen molar-refractivity contribution in [3.63, 3.8) is 0 Å². The Labute approximate surface area is 99.7 Å². The number of carbonyl (C=O) groups is 1. The summed E-state index contributed by atoms with van der Waals surface area (Å²) in [4.78, 5) is 13.6. The molecule has 0 spiro atoms. The van der Waals surface area contributed by atoms with Crippen molar-refractivity contribution in [3.8, 4) is 0 Å². The van der Waals surface area contributed by atoms with E-state index in [1.807, 2.05) is 17.9 Å². The first-order valence-corrected chi connectivity index (χ1v) is 6.00. The molecule has 0 aliphatic carbocycles. The lowest BCUT2D eigenvalue weighted by molar-refractivity contribution is 0.116. The molecule has 2 saturated heterocycles. The van der Waals surface area contributed by atoms with Gasteiger partial charge in [0.15, 0.2) is 0 Å². The van der Waals surface area contributed by atoms with E-state index in [1.54, 1.807) is 0 Å². The standard InChI is InChI=1S/C12H16N2O3/c1-7-5-11(17-13-7)9-6-8-3-4-10(9)14(8)12(15)16-2/h5,8-10H,3-4,6H2,1-2H3/t8-,9-,10+/m0/s1. The van der Waals surface area contributed by atoms with Crippen molar-refractivity contribution in [1.82, 2.24) is 10.1 Å². The van der Waals surface area contributed by atoms with Gasteiger partial charge in [-0.3, -0.25) is 0 Å². The molecule has 17 heavy (non-hydrogen) atoms. The highest BCUT2D eigenvalue weighted by Crippen LogP contribution is 2.47. The average molecular weight is 236 g/mol. The molecule has 0 unspecified atom stereocenters. The summed E-state index contributed by atoms with van der Waals surface area (Å²) in [5.74, 6) is 1.19. The first-order valence-electron chi connectivity index (χ1n) is 6.00. The molecule has 3 heterocycles. The monoisotopic (exact) mass is 236 g/mol. The zero-order chi connectivity index (χ0) is 12.0. The Bertz CT molecular complexity index is 443. The number of amides is 1. The minimum Gasteiger partial charge on any atom is -0.453 e. The van der Waals surface area contributed by atoms with Crippen LogP contribution < -0.4 is 0 Å². The Morgan fingerprint density at radius 2 is 2.41 bits per heavy atom. The first kappa shape index (κ1) is 10.6. The third-order valence-electron chi connectivity index (χ3n) is 3.93. The van der Waals surface area contributed by atoms with E-state index < -0.39 is 0 Å². The average Bonchev–Trinajstić information content (AvgIpc) is 3.01. The molecule has 5 nitrogen and oxygen atoms in total. The number of aryl methyl sites for hydroxylation is 1. The van der Waals surface area contributed by atoms with Crippen molar-refractivity contribution >= 4 is 6.09 Å². The molecule has 0 N–H and O–H groups in total. The molecule has 2 aliphatic rings. The predicted octanol–water partition coefficient (Wildman–Crippen LogP) is 2.07. The second-order valence-corrected chi connectivity index (χ2v) is 4.89. The zero-order valence-electron chi connectivity index (χ0n) is 10.0. The molecule has 2 bridgehead atoms. The number of aromatic nitrogens is 1. The summed E-state index contributed by atoms with van der Waals surface area (Å²) in [6, 6.07) is 2.50. The van der Waals surface area contributed by atoms with Crippen LogP contribution in [0.25, 0.3) is 0 Å². The molecule has 2 aliphatic heterocycles. The van der Waals surface area contributed by atoms with E-state index in [9.17, 15) is 4.79 Å². The van der Waals surface area contributed by atoms with Crippen molar-refractivity contribution < 1.29 is 14.1 Å². The summed E-state index contributed by atoms with van der Waals surface area (Å²) in [7, 11) is 1.44. The van der Waals surface area contributed by atoms with Gasteiger partial charge in [-0.2, -0.15) is 0 Å². The molecule has 0 radical (unpaired) electrons. The Balaban J connectivity index is 1.85. The van der Waals surface area contributed by atoms with Crippen LogP contribution in [0.15, 0.2) is 10.6 Å². The lowest BCUT2D eigenvalue weighted by Gasteiger charge is -2.21. The molecular weight excluding hydrogens is 220 g/mol. The maximum atomic E-state index is 11.7. The molecule has 0 saturated carbocycles. The summed E-state index contributed by atoms with van der Waals surface area (Å²) in [6.07, 6.45) is 2.86. The molecule has 1 aromatic heterocycles. The third kappa shape index (κ3) is 1.52. The van der Waals surface area contributed by atoms with Crippen molar-refractivity contribution in [2.75, 3.05) is 7.11 Å². The highest BCUT2D eigenvalue weighted by Gasteiger charge is 2.50. The second kappa shape index (κ2) is 3.75. The number of rotatable bonds is 1. The van der Waals surface area contributed by atoms with Crippen molar-refractivity contribution in [2.24, 2.45) is 0 Å². The van der Waals surface area contributed by atoms with Gasteiger partial charge in [-0.25, -0.2) is 4.79 Å². The van der Waals surface area contributed by atoms with Gasteiger partial charge in [0.25, 0.3) is 0 Å². The van der Waals surface area contributed by atoms with Crippen LogP contribution in [-0.4, -0.2) is 35.3 Å². The van der Waals surface area contributed by atoms with Crippen LogP contribution in [0, 0.1) is 6.92 Å². The molecule has 2 fully saturated rings. The Kier molecular flexibility index (Phi) is 2.34. The minimum atomic E-state index is -0.212. The van der Waals surface area contributed by atoms with Gasteiger partial charge in [0.1, 0.15) is 5.76 Å². The van der Waals surface area contributed by atoms with Gasteiger partial charge >= 0.3 is 6.09 Å². The number of nitrogens with zero attached hydrogens (tertiary/aromatic N) is 2. The predicted molar refractivity (Wildman–Crippen MR) is 59.7 cm³/mol. The molecule has 92 valence electrons. The van der Waals surface area contributed by atoms with Gasteiger partial charge in [0.05, 0.1) is 12.8 Å². The Hall–Kier alpha value is -1.52. The van der Waals surface area contributed by atoms with Gasteiger partial charge in [-0.15, -0.1) is 0 Å². The maximum absolute atomic E-state index is 11.7. The van der Waals surface area contributed by atoms with Crippen LogP contribution >= 0.6 is 0 Å². The number of hydrogen-bond acceptors (Lipinski definition) is 4. The number of fused-ring (bicyclic) bond motifs is 2. The van der Waals surface area contributed by atoms with Gasteiger partial charge in [-0.05, 0) is 26.2 Å². The number of ether oxygens (including phenoxy) is 1. The lowest BCUT2D eigenvalue weighted by Crippen LogP contribution is -2.35. The van der Waals surface area contributed by atoms with E-state index in [-0.39, 0.29) is 18.1 Å². The summed E-state index contributed by atoms with van der Waals surface area (Å²) in [5.41, 5.74) is 0.896. The SMILES string of the molecule is COC(=O)N1[C@H]2CC[C@@H]1[C@@H](c1cc(C)no1)C2. The number of hydrogen-bond donors (Lipinski definition) is 0. The van der Waals surface area contributed by atoms with Gasteiger partial charge < -0.3 is 14.2 Å². The highest BCUT2D eigenvalue weighted by molar-refractivity contribution is 5.69. The topological polar surface area (TPSA) is 55.6 Å². The van der Waals surface area contributed by atoms with Crippen LogP contribution in [0.3, 0.4) is 0 Å². The number of methoxy groups -OCH3 is 1. The lowest BCUT2D eigenvalue weighted by atomic mass is 9.87. The fourth-order valence-electron chi connectivity index (χ4n) is 3.24. The Morgan fingerprint density at radius 3 is 3.06 bits per heavy atom. The maximum Gasteiger partial charge on any atom is 0.410 e. The molecule has 3 atom stereocenters. The smallest absolute Gasteiger partial charge is 0.410 e. The second-order valence-electron chi connectivity index (χ2n) is 4.89. The van der Waals surface area contributed by atoms with Crippen molar-refractivity contribution in [2.45, 2.75) is 44.2 Å². The van der Waals surface area contributed by atoms with Crippen LogP contribution in [0.2, 0.25) is 0 Å². The molecule has 0 aromatic carbocycles. The largest absolute Gasteiger partial charge is 0.453 e. The van der Waals surface area contributed by atoms with E-state index in [1.165, 1.54) is 7.11 Å². The van der Waals surface area contributed by atoms with Crippen LogP contribution in [0.4, 0.5) is 4.79 Å². The fourth-order valence-corrected chi connectivity index (χ4v) is 3.24. The summed E-state index contributed by atoms with van der Waals surface area (Å²) in [5, 5.41) is 3.93. The summed E-state index contributed by atoms with van der Waals surface area (Å²) in [6.45, 7) is 1.91. The van der Waals surface area contributed by atoms with E-state index in [0.717, 1.165) is 30.7 Å². The Morgan fingerprint density at radius 1 is 1.59 bits per heavy atom. The molecular formula is C12H16N2O3. The summed E-state index contributed by atoms with van der Waals surface area (Å²) >= 11 is 0. The fraction of sp³-hybridized carbons (Fsp3) is 0.667. The van der Waals surface area contributed by atoms with E-state index in [2.05, 4.69) is 5.16 Å². The van der Waals surface area contributed by atoms with Crippen molar-refractivity contribution in [1.29, 1.82) is 0 Å². The van der Waals surface area contributed by atoms with Gasteiger partial charge in [0.2, 0.25) is 0 Å². The highest BCUT2D eigenvalue weighted by atomic mass is 16.5. The van der Waals surface area contributed by atoms with Crippen molar-refractivity contribution in [3.05, 3.63) is 17.5 Å². The van der Waals surface area contributed by atoms with Gasteiger partial charge in [0, 0.05) is 24.1 Å².